The van der Waals surface area contributed by atoms with Gasteiger partial charge in [-0.15, -0.1) is 0 Å². The fourth-order valence-corrected chi connectivity index (χ4v) is 3.53. The van der Waals surface area contributed by atoms with Gasteiger partial charge >= 0.3 is 11.9 Å². The predicted molar refractivity (Wildman–Crippen MR) is 116 cm³/mol. The molecule has 4 rings (SSSR count). The van der Waals surface area contributed by atoms with Crippen LogP contribution in [-0.2, 0) is 14.3 Å². The molecule has 164 valence electrons. The van der Waals surface area contributed by atoms with Crippen molar-refractivity contribution in [3.63, 3.8) is 0 Å². The second kappa shape index (κ2) is 8.88. The summed E-state index contributed by atoms with van der Waals surface area (Å²) in [6.07, 6.45) is 0. The molecular weight excluding hydrogens is 426 g/mol. The third-order valence-corrected chi connectivity index (χ3v) is 5.10. The Morgan fingerprint density at radius 2 is 1.27 bits per heavy atom. The molecule has 0 saturated carbocycles. The molecule has 0 fully saturated rings. The van der Waals surface area contributed by atoms with Crippen molar-refractivity contribution in [1.82, 2.24) is 0 Å². The summed E-state index contributed by atoms with van der Waals surface area (Å²) in [6.45, 7) is -0.624. The largest absolute Gasteiger partial charge is 0.465 e. The Hall–Kier alpha value is -4.59. The second-order valence-electron chi connectivity index (χ2n) is 7.13. The Labute approximate surface area is 188 Å². The highest BCUT2D eigenvalue weighted by atomic mass is 16.5. The highest BCUT2D eigenvalue weighted by Gasteiger charge is 2.29. The number of amides is 1. The zero-order valence-electron chi connectivity index (χ0n) is 17.4. The van der Waals surface area contributed by atoms with Crippen LogP contribution in [0, 0.1) is 0 Å². The standard InChI is InChI=1S/C25H17NO7/c1-32-24(30)18-8-4-5-9-19(18)25(31)33-13-21(27)26-14-10-11-17-20(12-14)23(29)16-7-3-2-6-15(16)22(17)28/h2-12H,13H2,1H3,(H,26,27). The zero-order chi connectivity index (χ0) is 23.5. The first-order valence-electron chi connectivity index (χ1n) is 9.87. The molecule has 0 radical (unpaired) electrons. The van der Waals surface area contributed by atoms with Crippen molar-refractivity contribution in [2.24, 2.45) is 0 Å². The average molecular weight is 443 g/mol. The lowest BCUT2D eigenvalue weighted by atomic mass is 9.84. The van der Waals surface area contributed by atoms with Crippen LogP contribution in [0.2, 0.25) is 0 Å². The van der Waals surface area contributed by atoms with E-state index in [4.69, 9.17) is 4.74 Å². The van der Waals surface area contributed by atoms with Gasteiger partial charge in [-0.1, -0.05) is 36.4 Å². The van der Waals surface area contributed by atoms with Gasteiger partial charge in [-0.3, -0.25) is 14.4 Å². The first-order valence-corrected chi connectivity index (χ1v) is 9.87. The molecule has 0 unspecified atom stereocenters. The molecule has 0 aromatic heterocycles. The maximum absolute atomic E-state index is 12.8. The van der Waals surface area contributed by atoms with E-state index in [0.29, 0.717) is 11.1 Å². The number of nitrogens with one attached hydrogen (secondary N) is 1. The van der Waals surface area contributed by atoms with E-state index in [9.17, 15) is 24.0 Å². The quantitative estimate of drug-likeness (QED) is 0.471. The van der Waals surface area contributed by atoms with Gasteiger partial charge in [0.2, 0.25) is 0 Å². The molecule has 0 spiro atoms. The highest BCUT2D eigenvalue weighted by Crippen LogP contribution is 2.29. The van der Waals surface area contributed by atoms with Crippen LogP contribution >= 0.6 is 0 Å². The summed E-state index contributed by atoms with van der Waals surface area (Å²) in [7, 11) is 1.19. The molecule has 0 aliphatic heterocycles. The predicted octanol–water partition coefficient (Wildman–Crippen LogP) is 3.04. The van der Waals surface area contributed by atoms with E-state index in [-0.39, 0.29) is 39.5 Å². The van der Waals surface area contributed by atoms with Crippen LogP contribution in [0.5, 0.6) is 0 Å². The molecule has 0 atom stereocenters. The molecule has 0 heterocycles. The Morgan fingerprint density at radius 3 is 1.91 bits per heavy atom. The first kappa shape index (κ1) is 21.6. The van der Waals surface area contributed by atoms with Crippen LogP contribution in [0.3, 0.4) is 0 Å². The Kier molecular flexibility index (Phi) is 5.82. The number of esters is 2. The van der Waals surface area contributed by atoms with Crippen molar-refractivity contribution in [2.45, 2.75) is 0 Å². The molecule has 33 heavy (non-hydrogen) atoms. The highest BCUT2D eigenvalue weighted by molar-refractivity contribution is 6.28. The van der Waals surface area contributed by atoms with Gasteiger partial charge < -0.3 is 14.8 Å². The smallest absolute Gasteiger partial charge is 0.339 e. The minimum Gasteiger partial charge on any atom is -0.465 e. The Balaban J connectivity index is 1.45. The van der Waals surface area contributed by atoms with Crippen molar-refractivity contribution >= 4 is 35.1 Å². The number of hydrogen-bond donors (Lipinski definition) is 1. The van der Waals surface area contributed by atoms with E-state index in [2.05, 4.69) is 10.1 Å². The number of fused-ring (bicyclic) bond motifs is 2. The third-order valence-electron chi connectivity index (χ3n) is 5.10. The molecular formula is C25H17NO7. The summed E-state index contributed by atoms with van der Waals surface area (Å²) >= 11 is 0. The molecule has 0 bridgehead atoms. The first-order chi connectivity index (χ1) is 15.9. The fourth-order valence-electron chi connectivity index (χ4n) is 3.53. The van der Waals surface area contributed by atoms with Crippen LogP contribution in [0.25, 0.3) is 0 Å². The number of rotatable bonds is 5. The number of hydrogen-bond acceptors (Lipinski definition) is 7. The van der Waals surface area contributed by atoms with E-state index in [1.807, 2.05) is 0 Å². The molecule has 1 aliphatic rings. The maximum Gasteiger partial charge on any atom is 0.339 e. The number of anilines is 1. The minimum absolute atomic E-state index is 0.0172. The van der Waals surface area contributed by atoms with Crippen LogP contribution in [0.4, 0.5) is 5.69 Å². The number of carbonyl (C=O) groups is 5. The van der Waals surface area contributed by atoms with Crippen molar-refractivity contribution in [3.05, 3.63) is 100 Å². The van der Waals surface area contributed by atoms with Gasteiger partial charge in [-0.05, 0) is 30.3 Å². The molecule has 0 saturated heterocycles. The lowest BCUT2D eigenvalue weighted by Crippen LogP contribution is -2.23. The van der Waals surface area contributed by atoms with Crippen molar-refractivity contribution in [3.8, 4) is 0 Å². The molecule has 3 aromatic rings. The molecule has 1 N–H and O–H groups in total. The summed E-state index contributed by atoms with van der Waals surface area (Å²) in [5, 5.41) is 2.54. The van der Waals surface area contributed by atoms with Crippen LogP contribution in [0.1, 0.15) is 52.6 Å². The Morgan fingerprint density at radius 1 is 0.727 bits per heavy atom. The van der Waals surface area contributed by atoms with Crippen molar-refractivity contribution < 1.29 is 33.4 Å². The number of carbonyl (C=O) groups excluding carboxylic acids is 5. The molecule has 1 amide bonds. The second-order valence-corrected chi connectivity index (χ2v) is 7.13. The number of methoxy groups -OCH3 is 1. The molecule has 1 aliphatic carbocycles. The van der Waals surface area contributed by atoms with Crippen molar-refractivity contribution in [1.29, 1.82) is 0 Å². The van der Waals surface area contributed by atoms with E-state index in [1.54, 1.807) is 36.4 Å². The van der Waals surface area contributed by atoms with Gasteiger partial charge in [0.15, 0.2) is 18.2 Å². The summed E-state index contributed by atoms with van der Waals surface area (Å²) in [5.74, 6) is -2.82. The molecule has 3 aromatic carbocycles. The van der Waals surface area contributed by atoms with E-state index < -0.39 is 24.5 Å². The van der Waals surface area contributed by atoms with Gasteiger partial charge in [0.05, 0.1) is 18.2 Å². The van der Waals surface area contributed by atoms with Gasteiger partial charge in [0, 0.05) is 27.9 Å². The molecule has 8 nitrogen and oxygen atoms in total. The third kappa shape index (κ3) is 4.14. The lowest BCUT2D eigenvalue weighted by Gasteiger charge is -2.18. The number of benzene rings is 3. The number of ketones is 2. The van der Waals surface area contributed by atoms with Gasteiger partial charge in [0.1, 0.15) is 0 Å². The van der Waals surface area contributed by atoms with Crippen LogP contribution in [-0.4, -0.2) is 43.1 Å². The number of ether oxygens (including phenoxy) is 2. The monoisotopic (exact) mass is 443 g/mol. The van der Waals surface area contributed by atoms with E-state index in [1.165, 1.54) is 37.4 Å². The summed E-state index contributed by atoms with van der Waals surface area (Å²) in [5.41, 5.74) is 1.33. The zero-order valence-corrected chi connectivity index (χ0v) is 17.4. The van der Waals surface area contributed by atoms with E-state index in [0.717, 1.165) is 0 Å². The lowest BCUT2D eigenvalue weighted by molar-refractivity contribution is -0.119. The van der Waals surface area contributed by atoms with Crippen molar-refractivity contribution in [2.75, 3.05) is 19.0 Å². The van der Waals surface area contributed by atoms with Gasteiger partial charge in [-0.2, -0.15) is 0 Å². The molecule has 8 heteroatoms. The minimum atomic E-state index is -0.867. The van der Waals surface area contributed by atoms with Crippen LogP contribution in [0.15, 0.2) is 66.7 Å². The summed E-state index contributed by atoms with van der Waals surface area (Å²) in [6, 6.07) is 16.8. The average Bonchev–Trinajstić information content (AvgIpc) is 2.85. The van der Waals surface area contributed by atoms with Gasteiger partial charge in [-0.25, -0.2) is 9.59 Å². The SMILES string of the molecule is COC(=O)c1ccccc1C(=O)OCC(=O)Nc1ccc2c(c1)C(=O)c1ccccc1C2=O. The normalized spacial score (nSPS) is 11.8. The summed E-state index contributed by atoms with van der Waals surface area (Å²) in [4.78, 5) is 61.9. The Bertz CT molecular complexity index is 1330. The van der Waals surface area contributed by atoms with Crippen LogP contribution < -0.4 is 5.32 Å². The summed E-state index contributed by atoms with van der Waals surface area (Å²) < 4.78 is 9.65. The topological polar surface area (TPSA) is 116 Å². The fraction of sp³-hybridized carbons (Fsp3) is 0.0800. The van der Waals surface area contributed by atoms with Gasteiger partial charge in [0.25, 0.3) is 5.91 Å². The van der Waals surface area contributed by atoms with E-state index >= 15 is 0 Å². The maximum atomic E-state index is 12.8.